The number of benzene rings is 1. The van der Waals surface area contributed by atoms with Crippen molar-refractivity contribution in [2.24, 2.45) is 0 Å². The summed E-state index contributed by atoms with van der Waals surface area (Å²) < 4.78 is 5.59. The van der Waals surface area contributed by atoms with Gasteiger partial charge in [-0.15, -0.1) is 0 Å². The van der Waals surface area contributed by atoms with Crippen molar-refractivity contribution in [2.75, 3.05) is 13.7 Å². The molecule has 1 aromatic carbocycles. The van der Waals surface area contributed by atoms with E-state index in [0.29, 0.717) is 12.6 Å². The second kappa shape index (κ2) is 6.33. The van der Waals surface area contributed by atoms with Crippen LogP contribution in [0.1, 0.15) is 32.4 Å². The molecule has 0 heterocycles. The fraction of sp³-hybridized carbons (Fsp3) is 0.429. The molecule has 1 unspecified atom stereocenters. The molecular weight excluding hydrogens is 198 g/mol. The van der Waals surface area contributed by atoms with E-state index in [1.807, 2.05) is 19.2 Å². The van der Waals surface area contributed by atoms with Crippen LogP contribution in [-0.2, 0) is 0 Å². The minimum atomic E-state index is 0.381. The van der Waals surface area contributed by atoms with E-state index in [0.717, 1.165) is 5.75 Å². The van der Waals surface area contributed by atoms with Gasteiger partial charge in [0.25, 0.3) is 0 Å². The summed E-state index contributed by atoms with van der Waals surface area (Å²) >= 11 is 0. The SMILES string of the molecule is CNC(C)c1ccc(OCC=C(C)C)cc1. The molecule has 0 aliphatic heterocycles. The van der Waals surface area contributed by atoms with Gasteiger partial charge in [-0.05, 0) is 51.6 Å². The summed E-state index contributed by atoms with van der Waals surface area (Å²) in [7, 11) is 1.96. The topological polar surface area (TPSA) is 21.3 Å². The first-order valence-electron chi connectivity index (χ1n) is 5.67. The average Bonchev–Trinajstić information content (AvgIpc) is 2.28. The number of rotatable bonds is 5. The van der Waals surface area contributed by atoms with Crippen LogP contribution in [0, 0.1) is 0 Å². The van der Waals surface area contributed by atoms with E-state index < -0.39 is 0 Å². The first-order chi connectivity index (χ1) is 7.63. The lowest BCUT2D eigenvalue weighted by molar-refractivity contribution is 0.362. The third-order valence-corrected chi connectivity index (χ3v) is 2.55. The Labute approximate surface area is 98.3 Å². The molecule has 1 N–H and O–H groups in total. The molecule has 0 saturated carbocycles. The van der Waals surface area contributed by atoms with E-state index in [4.69, 9.17) is 4.74 Å². The molecule has 0 bridgehead atoms. The fourth-order valence-electron chi connectivity index (χ4n) is 1.32. The Balaban J connectivity index is 2.54. The summed E-state index contributed by atoms with van der Waals surface area (Å²) in [5.41, 5.74) is 2.55. The molecular formula is C14H21NO. The van der Waals surface area contributed by atoms with Crippen LogP contribution in [0.3, 0.4) is 0 Å². The molecule has 0 amide bonds. The van der Waals surface area contributed by atoms with Crippen molar-refractivity contribution in [2.45, 2.75) is 26.8 Å². The lowest BCUT2D eigenvalue weighted by Gasteiger charge is -2.11. The molecule has 2 heteroatoms. The van der Waals surface area contributed by atoms with E-state index in [-0.39, 0.29) is 0 Å². The summed E-state index contributed by atoms with van der Waals surface area (Å²) in [5.74, 6) is 0.921. The van der Waals surface area contributed by atoms with Gasteiger partial charge in [-0.2, -0.15) is 0 Å². The van der Waals surface area contributed by atoms with Crippen molar-refractivity contribution in [3.8, 4) is 5.75 Å². The van der Waals surface area contributed by atoms with Crippen molar-refractivity contribution in [3.05, 3.63) is 41.5 Å². The van der Waals surface area contributed by atoms with Crippen molar-refractivity contribution in [1.82, 2.24) is 5.32 Å². The Morgan fingerprint density at radius 2 is 1.94 bits per heavy atom. The van der Waals surface area contributed by atoms with Gasteiger partial charge in [0.15, 0.2) is 0 Å². The van der Waals surface area contributed by atoms with E-state index in [2.05, 4.69) is 44.3 Å². The highest BCUT2D eigenvalue weighted by molar-refractivity contribution is 5.29. The minimum Gasteiger partial charge on any atom is -0.490 e. The fourth-order valence-corrected chi connectivity index (χ4v) is 1.32. The van der Waals surface area contributed by atoms with E-state index in [1.165, 1.54) is 11.1 Å². The zero-order valence-corrected chi connectivity index (χ0v) is 10.6. The van der Waals surface area contributed by atoms with Gasteiger partial charge in [0, 0.05) is 6.04 Å². The van der Waals surface area contributed by atoms with Gasteiger partial charge in [0.05, 0.1) is 0 Å². The number of hydrogen-bond acceptors (Lipinski definition) is 2. The predicted octanol–water partition coefficient (Wildman–Crippen LogP) is 3.31. The minimum absolute atomic E-state index is 0.381. The molecule has 16 heavy (non-hydrogen) atoms. The highest BCUT2D eigenvalue weighted by Gasteiger charge is 2.01. The summed E-state index contributed by atoms with van der Waals surface area (Å²) in [4.78, 5) is 0. The van der Waals surface area contributed by atoms with Gasteiger partial charge in [-0.1, -0.05) is 17.7 Å². The molecule has 0 spiro atoms. The zero-order chi connectivity index (χ0) is 12.0. The van der Waals surface area contributed by atoms with Crippen LogP contribution in [0.2, 0.25) is 0 Å². The number of ether oxygens (including phenoxy) is 1. The number of allylic oxidation sites excluding steroid dienone is 1. The molecule has 1 rings (SSSR count). The Kier molecular flexibility index (Phi) is 5.06. The predicted molar refractivity (Wildman–Crippen MR) is 68.8 cm³/mol. The number of hydrogen-bond donors (Lipinski definition) is 1. The van der Waals surface area contributed by atoms with Gasteiger partial charge in [-0.25, -0.2) is 0 Å². The summed E-state index contributed by atoms with van der Waals surface area (Å²) in [6.07, 6.45) is 2.07. The maximum atomic E-state index is 5.59. The van der Waals surface area contributed by atoms with E-state index in [1.54, 1.807) is 0 Å². The van der Waals surface area contributed by atoms with Crippen LogP contribution in [0.5, 0.6) is 5.75 Å². The second-order valence-electron chi connectivity index (χ2n) is 4.17. The largest absolute Gasteiger partial charge is 0.490 e. The Morgan fingerprint density at radius 1 is 1.31 bits per heavy atom. The van der Waals surface area contributed by atoms with Crippen LogP contribution < -0.4 is 10.1 Å². The maximum Gasteiger partial charge on any atom is 0.119 e. The van der Waals surface area contributed by atoms with Gasteiger partial charge in [0.1, 0.15) is 12.4 Å². The second-order valence-corrected chi connectivity index (χ2v) is 4.17. The standard InChI is InChI=1S/C14H21NO/c1-11(2)9-10-16-14-7-5-13(6-8-14)12(3)15-4/h5-9,12,15H,10H2,1-4H3. The molecule has 2 nitrogen and oxygen atoms in total. The highest BCUT2D eigenvalue weighted by atomic mass is 16.5. The van der Waals surface area contributed by atoms with Crippen LogP contribution in [0.15, 0.2) is 35.9 Å². The van der Waals surface area contributed by atoms with Gasteiger partial charge >= 0.3 is 0 Å². The monoisotopic (exact) mass is 219 g/mol. The molecule has 88 valence electrons. The van der Waals surface area contributed by atoms with Crippen molar-refractivity contribution in [3.63, 3.8) is 0 Å². The van der Waals surface area contributed by atoms with Crippen LogP contribution >= 0.6 is 0 Å². The molecule has 0 aromatic heterocycles. The van der Waals surface area contributed by atoms with Gasteiger partial charge in [-0.3, -0.25) is 0 Å². The molecule has 0 saturated heterocycles. The smallest absolute Gasteiger partial charge is 0.119 e. The summed E-state index contributed by atoms with van der Waals surface area (Å²) in [5, 5.41) is 3.21. The third-order valence-electron chi connectivity index (χ3n) is 2.55. The van der Waals surface area contributed by atoms with Crippen molar-refractivity contribution in [1.29, 1.82) is 0 Å². The highest BCUT2D eigenvalue weighted by Crippen LogP contribution is 2.17. The van der Waals surface area contributed by atoms with Crippen LogP contribution in [-0.4, -0.2) is 13.7 Å². The van der Waals surface area contributed by atoms with Gasteiger partial charge in [0.2, 0.25) is 0 Å². The van der Waals surface area contributed by atoms with Crippen molar-refractivity contribution >= 4 is 0 Å². The summed E-state index contributed by atoms with van der Waals surface area (Å²) in [6.45, 7) is 6.92. The van der Waals surface area contributed by atoms with E-state index >= 15 is 0 Å². The molecule has 0 fully saturated rings. The van der Waals surface area contributed by atoms with Crippen molar-refractivity contribution < 1.29 is 4.74 Å². The average molecular weight is 219 g/mol. The first kappa shape index (κ1) is 12.8. The van der Waals surface area contributed by atoms with Crippen LogP contribution in [0.25, 0.3) is 0 Å². The molecule has 1 atom stereocenters. The zero-order valence-electron chi connectivity index (χ0n) is 10.6. The Bertz CT molecular complexity index is 336. The Morgan fingerprint density at radius 3 is 2.44 bits per heavy atom. The summed E-state index contributed by atoms with van der Waals surface area (Å²) in [6, 6.07) is 8.61. The molecule has 0 radical (unpaired) electrons. The first-order valence-corrected chi connectivity index (χ1v) is 5.67. The molecule has 1 aromatic rings. The van der Waals surface area contributed by atoms with Gasteiger partial charge < -0.3 is 10.1 Å². The Hall–Kier alpha value is -1.28. The normalized spacial score (nSPS) is 12.0. The molecule has 0 aliphatic carbocycles. The van der Waals surface area contributed by atoms with E-state index in [9.17, 15) is 0 Å². The molecule has 0 aliphatic rings. The lowest BCUT2D eigenvalue weighted by Crippen LogP contribution is -2.11. The third kappa shape index (κ3) is 4.07. The van der Waals surface area contributed by atoms with Crippen LogP contribution in [0.4, 0.5) is 0 Å². The lowest BCUT2D eigenvalue weighted by atomic mass is 10.1. The maximum absolute atomic E-state index is 5.59. The number of nitrogens with one attached hydrogen (secondary N) is 1. The quantitative estimate of drug-likeness (QED) is 0.767.